The second-order valence-electron chi connectivity index (χ2n) is 7.93. The Bertz CT molecular complexity index is 998. The Morgan fingerprint density at radius 3 is 2.57 bits per heavy atom. The van der Waals surface area contributed by atoms with Crippen LogP contribution in [0.3, 0.4) is 0 Å². The van der Waals surface area contributed by atoms with Gasteiger partial charge >= 0.3 is 0 Å². The summed E-state index contributed by atoms with van der Waals surface area (Å²) >= 11 is 6.02. The van der Waals surface area contributed by atoms with Gasteiger partial charge in [0.05, 0.1) is 0 Å². The zero-order chi connectivity index (χ0) is 21.3. The van der Waals surface area contributed by atoms with Crippen LogP contribution in [0, 0.1) is 0 Å². The Morgan fingerprint density at radius 2 is 1.87 bits per heavy atom. The van der Waals surface area contributed by atoms with Gasteiger partial charge in [-0.25, -0.2) is 10.0 Å². The molecule has 5 nitrogen and oxygen atoms in total. The number of allylic oxidation sites excluding steroid dienone is 2. The van der Waals surface area contributed by atoms with E-state index in [9.17, 15) is 9.59 Å². The molecule has 30 heavy (non-hydrogen) atoms. The number of ether oxygens (including phenoxy) is 1. The smallest absolute Gasteiger partial charge is 0.242 e. The normalized spacial score (nSPS) is 19.3. The molecule has 1 unspecified atom stereocenters. The highest BCUT2D eigenvalue weighted by atomic mass is 35.5. The molecule has 1 amide bonds. The van der Waals surface area contributed by atoms with Crippen LogP contribution in [0.25, 0.3) is 0 Å². The van der Waals surface area contributed by atoms with Crippen molar-refractivity contribution >= 4 is 23.3 Å². The summed E-state index contributed by atoms with van der Waals surface area (Å²) in [5.41, 5.74) is 3.62. The van der Waals surface area contributed by atoms with Crippen molar-refractivity contribution in [2.75, 3.05) is 14.1 Å². The molecule has 1 heterocycles. The third-order valence-electron chi connectivity index (χ3n) is 5.62. The van der Waals surface area contributed by atoms with Gasteiger partial charge in [0.25, 0.3) is 0 Å². The van der Waals surface area contributed by atoms with E-state index in [0.29, 0.717) is 24.5 Å². The van der Waals surface area contributed by atoms with Gasteiger partial charge in [-0.2, -0.15) is 0 Å². The zero-order valence-corrected chi connectivity index (χ0v) is 18.0. The summed E-state index contributed by atoms with van der Waals surface area (Å²) in [4.78, 5) is 25.6. The van der Waals surface area contributed by atoms with Gasteiger partial charge in [-0.3, -0.25) is 9.59 Å². The van der Waals surface area contributed by atoms with Crippen LogP contribution in [-0.4, -0.2) is 35.8 Å². The first-order chi connectivity index (χ1) is 14.4. The van der Waals surface area contributed by atoms with E-state index in [2.05, 4.69) is 0 Å². The van der Waals surface area contributed by atoms with Crippen LogP contribution in [0.4, 0.5) is 0 Å². The van der Waals surface area contributed by atoms with Crippen molar-refractivity contribution in [1.82, 2.24) is 10.0 Å². The first-order valence-electron chi connectivity index (χ1n) is 10.2. The fourth-order valence-corrected chi connectivity index (χ4v) is 4.53. The van der Waals surface area contributed by atoms with Crippen LogP contribution in [0.1, 0.15) is 42.7 Å². The van der Waals surface area contributed by atoms with Crippen LogP contribution in [-0.2, 0) is 16.2 Å². The van der Waals surface area contributed by atoms with E-state index in [4.69, 9.17) is 16.3 Å². The second kappa shape index (κ2) is 8.62. The monoisotopic (exact) mass is 424 g/mol. The zero-order valence-electron chi connectivity index (χ0n) is 17.2. The first kappa shape index (κ1) is 20.6. The van der Waals surface area contributed by atoms with Gasteiger partial charge in [0.2, 0.25) is 5.91 Å². The van der Waals surface area contributed by atoms with E-state index in [-0.39, 0.29) is 17.6 Å². The van der Waals surface area contributed by atoms with Crippen molar-refractivity contribution in [3.05, 3.63) is 76.0 Å². The molecular weight excluding hydrogens is 400 g/mol. The molecule has 1 atom stereocenters. The topological polar surface area (TPSA) is 49.9 Å². The van der Waals surface area contributed by atoms with Crippen LogP contribution in [0.5, 0.6) is 5.75 Å². The van der Waals surface area contributed by atoms with E-state index < -0.39 is 0 Å². The predicted molar refractivity (Wildman–Crippen MR) is 116 cm³/mol. The van der Waals surface area contributed by atoms with Crippen molar-refractivity contribution in [2.24, 2.45) is 0 Å². The van der Waals surface area contributed by atoms with E-state index in [1.54, 1.807) is 10.0 Å². The summed E-state index contributed by atoms with van der Waals surface area (Å²) < 4.78 is 5.87. The van der Waals surface area contributed by atoms with Crippen LogP contribution in [0.2, 0.25) is 5.02 Å². The van der Waals surface area contributed by atoms with E-state index in [1.807, 2.05) is 62.6 Å². The third-order valence-corrected chi connectivity index (χ3v) is 5.86. The number of ketones is 1. The van der Waals surface area contributed by atoms with E-state index >= 15 is 0 Å². The highest BCUT2D eigenvalue weighted by Crippen LogP contribution is 2.42. The average molecular weight is 425 g/mol. The van der Waals surface area contributed by atoms with E-state index in [0.717, 1.165) is 41.0 Å². The number of Topliss-reactive ketones (excluding diaryl/α,β-unsaturated/α-hetero) is 1. The summed E-state index contributed by atoms with van der Waals surface area (Å²) in [5, 5.41) is 4.13. The molecule has 0 bridgehead atoms. The van der Waals surface area contributed by atoms with Crippen molar-refractivity contribution in [2.45, 2.75) is 38.2 Å². The van der Waals surface area contributed by atoms with Gasteiger partial charge in [0.15, 0.2) is 5.78 Å². The minimum absolute atomic E-state index is 0.0275. The molecule has 2 aliphatic rings. The fraction of sp³-hybridized carbons (Fsp3) is 0.333. The number of hydrogen-bond donors (Lipinski definition) is 0. The SMILES string of the molecule is CN(C)N1C(=O)CC(c2ccc(OCc3cccc(Cl)c3)cc2)C2=C1CCCC2=O. The van der Waals surface area contributed by atoms with Gasteiger partial charge in [0.1, 0.15) is 12.4 Å². The summed E-state index contributed by atoms with van der Waals surface area (Å²) in [5.74, 6) is 0.722. The highest BCUT2D eigenvalue weighted by Gasteiger charge is 2.39. The maximum atomic E-state index is 12.8. The summed E-state index contributed by atoms with van der Waals surface area (Å²) in [7, 11) is 3.68. The van der Waals surface area contributed by atoms with Crippen LogP contribution < -0.4 is 4.74 Å². The Kier molecular flexibility index (Phi) is 5.93. The number of nitrogens with zero attached hydrogens (tertiary/aromatic N) is 2. The van der Waals surface area contributed by atoms with Gasteiger partial charge < -0.3 is 4.74 Å². The van der Waals surface area contributed by atoms with Gasteiger partial charge in [-0.1, -0.05) is 35.9 Å². The molecule has 2 aromatic rings. The lowest BCUT2D eigenvalue weighted by atomic mass is 9.77. The molecular formula is C24H25ClN2O3. The fourth-order valence-electron chi connectivity index (χ4n) is 4.31. The average Bonchev–Trinajstić information content (AvgIpc) is 2.72. The Morgan fingerprint density at radius 1 is 1.10 bits per heavy atom. The highest BCUT2D eigenvalue weighted by molar-refractivity contribution is 6.30. The number of carbonyl (C=O) groups excluding carboxylic acids is 2. The largest absolute Gasteiger partial charge is 0.489 e. The molecule has 2 aromatic carbocycles. The molecule has 6 heteroatoms. The van der Waals surface area contributed by atoms with Crippen molar-refractivity contribution in [3.8, 4) is 5.75 Å². The number of carbonyl (C=O) groups is 2. The lowest BCUT2D eigenvalue weighted by Crippen LogP contribution is -2.47. The molecule has 0 radical (unpaired) electrons. The number of benzene rings is 2. The van der Waals surface area contributed by atoms with Crippen LogP contribution in [0.15, 0.2) is 59.8 Å². The summed E-state index contributed by atoms with van der Waals surface area (Å²) in [6, 6.07) is 15.3. The number of hydrazine groups is 1. The number of halogens is 1. The minimum Gasteiger partial charge on any atom is -0.489 e. The lowest BCUT2D eigenvalue weighted by molar-refractivity contribution is -0.143. The number of hydrogen-bond acceptors (Lipinski definition) is 4. The number of amides is 1. The predicted octanol–water partition coefficient (Wildman–Crippen LogP) is 4.72. The number of rotatable bonds is 5. The molecule has 1 aliphatic heterocycles. The second-order valence-corrected chi connectivity index (χ2v) is 8.37. The maximum Gasteiger partial charge on any atom is 0.242 e. The van der Waals surface area contributed by atoms with Gasteiger partial charge in [0, 0.05) is 49.1 Å². The van der Waals surface area contributed by atoms with Gasteiger partial charge in [-0.15, -0.1) is 0 Å². The minimum atomic E-state index is -0.196. The molecule has 0 N–H and O–H groups in total. The third kappa shape index (κ3) is 4.13. The Hall–Kier alpha value is -2.63. The lowest BCUT2D eigenvalue weighted by Gasteiger charge is -2.41. The molecule has 1 aliphatic carbocycles. The Labute approximate surface area is 181 Å². The molecule has 0 saturated carbocycles. The summed E-state index contributed by atoms with van der Waals surface area (Å²) in [6.07, 6.45) is 2.39. The molecule has 0 fully saturated rings. The molecule has 4 rings (SSSR count). The van der Waals surface area contributed by atoms with Crippen LogP contribution >= 0.6 is 11.6 Å². The first-order valence-corrected chi connectivity index (χ1v) is 10.6. The van der Waals surface area contributed by atoms with Gasteiger partial charge in [-0.05, 0) is 48.2 Å². The standard InChI is InChI=1S/C24H25ClN2O3/c1-26(2)27-21-7-4-8-22(28)24(21)20(14-23(27)29)17-9-11-19(12-10-17)30-15-16-5-3-6-18(25)13-16/h3,5-6,9-13,20H,4,7-8,14-15H2,1-2H3. The Balaban J connectivity index is 1.56. The molecule has 156 valence electrons. The quantitative estimate of drug-likeness (QED) is 0.696. The van der Waals surface area contributed by atoms with Crippen molar-refractivity contribution in [3.63, 3.8) is 0 Å². The molecule has 0 saturated heterocycles. The van der Waals surface area contributed by atoms with Crippen molar-refractivity contribution < 1.29 is 14.3 Å². The van der Waals surface area contributed by atoms with E-state index in [1.165, 1.54) is 0 Å². The molecule has 0 spiro atoms. The maximum absolute atomic E-state index is 12.8. The van der Waals surface area contributed by atoms with Crippen molar-refractivity contribution in [1.29, 1.82) is 0 Å². The molecule has 0 aromatic heterocycles. The summed E-state index contributed by atoms with van der Waals surface area (Å²) in [6.45, 7) is 0.424.